The predicted molar refractivity (Wildman–Crippen MR) is 68.3 cm³/mol. The third-order valence-electron chi connectivity index (χ3n) is 2.37. The molecule has 112 valence electrons. The van der Waals surface area contributed by atoms with Crippen LogP contribution in [-0.4, -0.2) is 37.6 Å². The summed E-state index contributed by atoms with van der Waals surface area (Å²) in [5.41, 5.74) is 9.09. The molecule has 1 aromatic carbocycles. The summed E-state index contributed by atoms with van der Waals surface area (Å²) in [6.07, 6.45) is 0. The molecule has 0 radical (unpaired) electrons. The van der Waals surface area contributed by atoms with Gasteiger partial charge in [0, 0.05) is 0 Å². The first-order valence-electron chi connectivity index (χ1n) is 5.45. The lowest BCUT2D eigenvalue weighted by atomic mass is 10.2. The van der Waals surface area contributed by atoms with E-state index < -0.39 is 51.2 Å². The topological polar surface area (TPSA) is 147 Å². The standard InChI is InChI=1S/C11H11FN4O4S/c12-8-2-1-3-9(7(8)4-13)21(19,20)16(5-10(14)17)6-11(15)18/h1-3H,5-6H2,(H2,14,17)(H2,15,18). The number of nitrogens with two attached hydrogens (primary N) is 2. The summed E-state index contributed by atoms with van der Waals surface area (Å²) in [4.78, 5) is 21.2. The van der Waals surface area contributed by atoms with Crippen molar-refractivity contribution in [3.63, 3.8) is 0 Å². The van der Waals surface area contributed by atoms with Gasteiger partial charge in [-0.05, 0) is 12.1 Å². The van der Waals surface area contributed by atoms with Crippen LogP contribution in [0.25, 0.3) is 0 Å². The Balaban J connectivity index is 3.42. The molecule has 0 aliphatic carbocycles. The predicted octanol–water partition coefficient (Wildman–Crippen LogP) is -1.34. The second-order valence-corrected chi connectivity index (χ2v) is 5.84. The number of benzene rings is 1. The SMILES string of the molecule is N#Cc1c(F)cccc1S(=O)(=O)N(CC(N)=O)CC(N)=O. The molecule has 0 aliphatic rings. The summed E-state index contributed by atoms with van der Waals surface area (Å²) in [6.45, 7) is -1.65. The third kappa shape index (κ3) is 3.74. The van der Waals surface area contributed by atoms with Gasteiger partial charge in [-0.15, -0.1) is 0 Å². The number of sulfonamides is 1. The minimum Gasteiger partial charge on any atom is -0.369 e. The van der Waals surface area contributed by atoms with Crippen molar-refractivity contribution in [3.8, 4) is 6.07 Å². The van der Waals surface area contributed by atoms with E-state index in [9.17, 15) is 22.4 Å². The monoisotopic (exact) mass is 314 g/mol. The average molecular weight is 314 g/mol. The lowest BCUT2D eigenvalue weighted by molar-refractivity contribution is -0.120. The molecule has 0 spiro atoms. The molecule has 8 nitrogen and oxygen atoms in total. The Kier molecular flexibility index (Phi) is 4.96. The van der Waals surface area contributed by atoms with Crippen molar-refractivity contribution in [2.75, 3.05) is 13.1 Å². The average Bonchev–Trinajstić information content (AvgIpc) is 2.36. The van der Waals surface area contributed by atoms with Crippen LogP contribution in [-0.2, 0) is 19.6 Å². The Morgan fingerprint density at radius 2 is 1.76 bits per heavy atom. The van der Waals surface area contributed by atoms with Crippen LogP contribution in [0.5, 0.6) is 0 Å². The van der Waals surface area contributed by atoms with Gasteiger partial charge in [0.05, 0.1) is 13.1 Å². The smallest absolute Gasteiger partial charge is 0.245 e. The largest absolute Gasteiger partial charge is 0.369 e. The fourth-order valence-electron chi connectivity index (χ4n) is 1.54. The Hall–Kier alpha value is -2.51. The molecule has 0 heterocycles. The van der Waals surface area contributed by atoms with Gasteiger partial charge in [-0.3, -0.25) is 9.59 Å². The minimum atomic E-state index is -4.49. The second kappa shape index (κ2) is 6.29. The van der Waals surface area contributed by atoms with Crippen molar-refractivity contribution in [1.82, 2.24) is 4.31 Å². The summed E-state index contributed by atoms with van der Waals surface area (Å²) in [5, 5.41) is 8.85. The van der Waals surface area contributed by atoms with Gasteiger partial charge in [0.2, 0.25) is 21.8 Å². The maximum Gasteiger partial charge on any atom is 0.245 e. The molecule has 0 unspecified atom stereocenters. The number of halogens is 1. The molecule has 0 atom stereocenters. The first-order chi connectivity index (χ1) is 9.70. The molecule has 0 aliphatic heterocycles. The van der Waals surface area contributed by atoms with Crippen molar-refractivity contribution >= 4 is 21.8 Å². The van der Waals surface area contributed by atoms with Crippen LogP contribution in [0.4, 0.5) is 4.39 Å². The minimum absolute atomic E-state index is 0.382. The van der Waals surface area contributed by atoms with E-state index in [-0.39, 0.29) is 0 Å². The zero-order chi connectivity index (χ0) is 16.2. The molecule has 4 N–H and O–H groups in total. The van der Waals surface area contributed by atoms with Crippen LogP contribution < -0.4 is 11.5 Å². The molecular weight excluding hydrogens is 303 g/mol. The van der Waals surface area contributed by atoms with Crippen LogP contribution in [0.2, 0.25) is 0 Å². The van der Waals surface area contributed by atoms with Crippen LogP contribution >= 0.6 is 0 Å². The zero-order valence-electron chi connectivity index (χ0n) is 10.6. The van der Waals surface area contributed by atoms with E-state index in [0.29, 0.717) is 4.31 Å². The fourth-order valence-corrected chi connectivity index (χ4v) is 3.06. The molecule has 1 aromatic rings. The van der Waals surface area contributed by atoms with Gasteiger partial charge in [-0.25, -0.2) is 12.8 Å². The van der Waals surface area contributed by atoms with Gasteiger partial charge in [0.15, 0.2) is 0 Å². The second-order valence-electron chi connectivity index (χ2n) is 3.93. The van der Waals surface area contributed by atoms with E-state index in [1.807, 2.05) is 0 Å². The third-order valence-corrected chi connectivity index (χ3v) is 4.20. The number of nitrogens with zero attached hydrogens (tertiary/aromatic N) is 2. The molecular formula is C11H11FN4O4S. The zero-order valence-corrected chi connectivity index (χ0v) is 11.4. The molecule has 0 bridgehead atoms. The van der Waals surface area contributed by atoms with Crippen molar-refractivity contribution in [2.24, 2.45) is 11.5 Å². The molecule has 0 saturated carbocycles. The number of rotatable bonds is 6. The fraction of sp³-hybridized carbons (Fsp3) is 0.182. The molecule has 0 saturated heterocycles. The lowest BCUT2D eigenvalue weighted by Gasteiger charge is -2.19. The van der Waals surface area contributed by atoms with Gasteiger partial charge in [-0.2, -0.15) is 9.57 Å². The van der Waals surface area contributed by atoms with E-state index in [1.165, 1.54) is 6.07 Å². The quantitative estimate of drug-likeness (QED) is 0.666. The number of primary amides is 2. The lowest BCUT2D eigenvalue weighted by Crippen LogP contribution is -2.43. The first kappa shape index (κ1) is 16.5. The Bertz CT molecular complexity index is 710. The Morgan fingerprint density at radius 1 is 1.24 bits per heavy atom. The molecule has 0 fully saturated rings. The highest BCUT2D eigenvalue weighted by Crippen LogP contribution is 2.21. The number of carbonyl (C=O) groups excluding carboxylic acids is 2. The van der Waals surface area contributed by atoms with Gasteiger partial charge in [-0.1, -0.05) is 6.07 Å². The molecule has 2 amide bonds. The molecule has 10 heteroatoms. The summed E-state index contributed by atoms with van der Waals surface area (Å²) >= 11 is 0. The maximum absolute atomic E-state index is 13.5. The molecule has 1 rings (SSSR count). The normalized spacial score (nSPS) is 11.1. The van der Waals surface area contributed by atoms with Crippen molar-refractivity contribution in [2.45, 2.75) is 4.90 Å². The van der Waals surface area contributed by atoms with Crippen LogP contribution in [0.3, 0.4) is 0 Å². The highest BCUT2D eigenvalue weighted by atomic mass is 32.2. The summed E-state index contributed by atoms with van der Waals surface area (Å²) in [7, 11) is -4.49. The van der Waals surface area contributed by atoms with E-state index >= 15 is 0 Å². The van der Waals surface area contributed by atoms with Crippen LogP contribution in [0, 0.1) is 17.1 Å². The first-order valence-corrected chi connectivity index (χ1v) is 6.89. The maximum atomic E-state index is 13.5. The summed E-state index contributed by atoms with van der Waals surface area (Å²) < 4.78 is 38.5. The highest BCUT2D eigenvalue weighted by Gasteiger charge is 2.30. The van der Waals surface area contributed by atoms with E-state index in [1.54, 1.807) is 0 Å². The van der Waals surface area contributed by atoms with Crippen LogP contribution in [0.15, 0.2) is 23.1 Å². The van der Waals surface area contributed by atoms with E-state index in [0.717, 1.165) is 18.2 Å². The molecule has 21 heavy (non-hydrogen) atoms. The van der Waals surface area contributed by atoms with E-state index in [2.05, 4.69) is 0 Å². The molecule has 0 aromatic heterocycles. The number of nitriles is 1. The van der Waals surface area contributed by atoms with Gasteiger partial charge in [0.25, 0.3) is 0 Å². The number of amides is 2. The highest BCUT2D eigenvalue weighted by molar-refractivity contribution is 7.89. The summed E-state index contributed by atoms with van der Waals surface area (Å²) in [6, 6.07) is 4.38. The van der Waals surface area contributed by atoms with Crippen molar-refractivity contribution in [3.05, 3.63) is 29.6 Å². The van der Waals surface area contributed by atoms with E-state index in [4.69, 9.17) is 16.7 Å². The van der Waals surface area contributed by atoms with Gasteiger partial charge >= 0.3 is 0 Å². The van der Waals surface area contributed by atoms with Gasteiger partial charge in [0.1, 0.15) is 22.3 Å². The van der Waals surface area contributed by atoms with Crippen molar-refractivity contribution < 1.29 is 22.4 Å². The number of carbonyl (C=O) groups is 2. The Labute approximate surface area is 119 Å². The van der Waals surface area contributed by atoms with Gasteiger partial charge < -0.3 is 11.5 Å². The Morgan fingerprint density at radius 3 is 2.19 bits per heavy atom. The summed E-state index contributed by atoms with van der Waals surface area (Å²) in [5.74, 6) is -3.11. The number of hydrogen-bond acceptors (Lipinski definition) is 5. The van der Waals surface area contributed by atoms with Crippen LogP contribution in [0.1, 0.15) is 5.56 Å². The van der Waals surface area contributed by atoms with Crippen molar-refractivity contribution in [1.29, 1.82) is 5.26 Å². The number of hydrogen-bond donors (Lipinski definition) is 2.